The van der Waals surface area contributed by atoms with E-state index < -0.39 is 0 Å². The van der Waals surface area contributed by atoms with Gasteiger partial charge in [-0.1, -0.05) is 13.8 Å². The topological polar surface area (TPSA) is 49.6 Å². The molecule has 2 atom stereocenters. The normalized spacial score (nSPS) is 23.6. The molecule has 1 rings (SSSR count). The molecular weight excluding hydrogens is 226 g/mol. The number of carbonyl (C=O) groups is 1. The Morgan fingerprint density at radius 2 is 2.17 bits per heavy atom. The monoisotopic (exact) mass is 255 g/mol. The molecule has 0 aromatic heterocycles. The number of likely N-dealkylation sites (N-methyl/N-ethyl adjacent to an activating group) is 1. The summed E-state index contributed by atoms with van der Waals surface area (Å²) in [6.45, 7) is 11.5. The maximum Gasteiger partial charge on any atom is 0.320 e. The molecule has 1 fully saturated rings. The number of urea groups is 1. The second-order valence-electron chi connectivity index (χ2n) is 5.77. The highest BCUT2D eigenvalue weighted by atomic mass is 16.2. The van der Waals surface area contributed by atoms with Crippen molar-refractivity contribution in [1.29, 1.82) is 0 Å². The van der Waals surface area contributed by atoms with Gasteiger partial charge in [0.15, 0.2) is 0 Å². The maximum absolute atomic E-state index is 12.6. The lowest BCUT2D eigenvalue weighted by Crippen LogP contribution is -2.58. The van der Waals surface area contributed by atoms with Crippen molar-refractivity contribution in [2.45, 2.75) is 52.5 Å². The Bertz CT molecular complexity index is 276. The van der Waals surface area contributed by atoms with Crippen molar-refractivity contribution in [2.75, 3.05) is 26.2 Å². The Morgan fingerprint density at radius 1 is 1.50 bits per heavy atom. The van der Waals surface area contributed by atoms with Crippen LogP contribution in [0.4, 0.5) is 4.79 Å². The summed E-state index contributed by atoms with van der Waals surface area (Å²) < 4.78 is 0. The van der Waals surface area contributed by atoms with Crippen LogP contribution in [0, 0.1) is 5.92 Å². The molecule has 1 heterocycles. The molecule has 0 saturated carbocycles. The number of amides is 2. The van der Waals surface area contributed by atoms with Gasteiger partial charge < -0.3 is 15.5 Å². The van der Waals surface area contributed by atoms with E-state index in [0.717, 1.165) is 32.5 Å². The van der Waals surface area contributed by atoms with Crippen LogP contribution in [0.2, 0.25) is 0 Å². The average Bonchev–Trinajstić information content (AvgIpc) is 2.39. The van der Waals surface area contributed by atoms with Gasteiger partial charge in [-0.15, -0.1) is 0 Å². The molecule has 2 N–H and O–H groups in total. The summed E-state index contributed by atoms with van der Waals surface area (Å²) in [6, 6.07) is 0.166. The van der Waals surface area contributed by atoms with Crippen molar-refractivity contribution < 1.29 is 4.79 Å². The molecular formula is C14H29N3O. The zero-order valence-electron chi connectivity index (χ0n) is 12.4. The number of carbonyl (C=O) groups excluding carboxylic acids is 1. The minimum atomic E-state index is -0.216. The van der Waals surface area contributed by atoms with Crippen molar-refractivity contribution >= 4 is 6.03 Å². The number of piperidine rings is 1. The number of nitrogens with zero attached hydrogens (tertiary/aromatic N) is 2. The zero-order chi connectivity index (χ0) is 13.8. The Morgan fingerprint density at radius 3 is 2.61 bits per heavy atom. The summed E-state index contributed by atoms with van der Waals surface area (Å²) >= 11 is 0. The van der Waals surface area contributed by atoms with Crippen molar-refractivity contribution in [2.24, 2.45) is 11.7 Å². The van der Waals surface area contributed by atoms with Crippen LogP contribution < -0.4 is 5.73 Å². The molecule has 1 saturated heterocycles. The van der Waals surface area contributed by atoms with Gasteiger partial charge in [-0.2, -0.15) is 0 Å². The first kappa shape index (κ1) is 15.3. The van der Waals surface area contributed by atoms with Gasteiger partial charge in [0.2, 0.25) is 0 Å². The van der Waals surface area contributed by atoms with Crippen LogP contribution in [-0.2, 0) is 0 Å². The first-order chi connectivity index (χ1) is 8.48. The Hall–Kier alpha value is -0.770. The summed E-state index contributed by atoms with van der Waals surface area (Å²) in [7, 11) is 0. The molecule has 0 bridgehead atoms. The van der Waals surface area contributed by atoms with Crippen LogP contribution in [0.1, 0.15) is 47.0 Å². The maximum atomic E-state index is 12.6. The SMILES string of the molecule is CCN(C(=O)N1CCCC(C)C1)C(C)(CC)CN. The first-order valence-corrected chi connectivity index (χ1v) is 7.25. The highest BCUT2D eigenvalue weighted by Gasteiger charge is 2.34. The molecule has 0 aliphatic carbocycles. The van der Waals surface area contributed by atoms with Crippen LogP contribution in [-0.4, -0.2) is 47.5 Å². The minimum Gasteiger partial charge on any atom is -0.328 e. The molecule has 2 amide bonds. The lowest BCUT2D eigenvalue weighted by molar-refractivity contribution is 0.0849. The van der Waals surface area contributed by atoms with Gasteiger partial charge in [0, 0.05) is 26.2 Å². The summed E-state index contributed by atoms with van der Waals surface area (Å²) in [5, 5.41) is 0. The molecule has 1 aliphatic heterocycles. The van der Waals surface area contributed by atoms with Gasteiger partial charge in [0.25, 0.3) is 0 Å². The van der Waals surface area contributed by atoms with Crippen molar-refractivity contribution in [1.82, 2.24) is 9.80 Å². The van der Waals surface area contributed by atoms with Gasteiger partial charge in [0.1, 0.15) is 0 Å². The van der Waals surface area contributed by atoms with Gasteiger partial charge >= 0.3 is 6.03 Å². The van der Waals surface area contributed by atoms with E-state index in [2.05, 4.69) is 20.8 Å². The van der Waals surface area contributed by atoms with E-state index in [4.69, 9.17) is 5.73 Å². The summed E-state index contributed by atoms with van der Waals surface area (Å²) in [4.78, 5) is 16.6. The van der Waals surface area contributed by atoms with Gasteiger partial charge in [-0.3, -0.25) is 0 Å². The summed E-state index contributed by atoms with van der Waals surface area (Å²) in [5.41, 5.74) is 5.66. The number of nitrogens with two attached hydrogens (primary N) is 1. The molecule has 0 radical (unpaired) electrons. The fourth-order valence-electron chi connectivity index (χ4n) is 2.73. The second kappa shape index (κ2) is 6.41. The van der Waals surface area contributed by atoms with E-state index in [9.17, 15) is 4.79 Å². The van der Waals surface area contributed by atoms with E-state index in [-0.39, 0.29) is 11.6 Å². The lowest BCUT2D eigenvalue weighted by atomic mass is 9.96. The van der Waals surface area contributed by atoms with Crippen LogP contribution in [0.15, 0.2) is 0 Å². The van der Waals surface area contributed by atoms with E-state index in [1.165, 1.54) is 6.42 Å². The van der Waals surface area contributed by atoms with Crippen LogP contribution in [0.5, 0.6) is 0 Å². The van der Waals surface area contributed by atoms with Crippen LogP contribution >= 0.6 is 0 Å². The van der Waals surface area contributed by atoms with Crippen LogP contribution in [0.25, 0.3) is 0 Å². The first-order valence-electron chi connectivity index (χ1n) is 7.25. The molecule has 2 unspecified atom stereocenters. The third-order valence-corrected chi connectivity index (χ3v) is 4.33. The number of rotatable bonds is 4. The number of hydrogen-bond acceptors (Lipinski definition) is 2. The summed E-state index contributed by atoms with van der Waals surface area (Å²) in [5.74, 6) is 0.618. The van der Waals surface area contributed by atoms with Gasteiger partial charge in [-0.05, 0) is 39.0 Å². The molecule has 4 heteroatoms. The zero-order valence-corrected chi connectivity index (χ0v) is 12.4. The number of hydrogen-bond donors (Lipinski definition) is 1. The smallest absolute Gasteiger partial charge is 0.320 e. The highest BCUT2D eigenvalue weighted by Crippen LogP contribution is 2.23. The molecule has 106 valence electrons. The lowest BCUT2D eigenvalue weighted by Gasteiger charge is -2.43. The molecule has 0 spiro atoms. The van der Waals surface area contributed by atoms with E-state index in [0.29, 0.717) is 12.5 Å². The standard InChI is InChI=1S/C14H29N3O/c1-5-14(4,11-15)17(6-2)13(18)16-9-7-8-12(3)10-16/h12H,5-11,15H2,1-4H3. The largest absolute Gasteiger partial charge is 0.328 e. The minimum absolute atomic E-state index is 0.166. The fraction of sp³-hybridized carbons (Fsp3) is 0.929. The predicted octanol–water partition coefficient (Wildman–Crippen LogP) is 2.29. The second-order valence-corrected chi connectivity index (χ2v) is 5.77. The predicted molar refractivity (Wildman–Crippen MR) is 75.5 cm³/mol. The van der Waals surface area contributed by atoms with E-state index in [1.54, 1.807) is 0 Å². The molecule has 1 aliphatic rings. The van der Waals surface area contributed by atoms with Gasteiger partial charge in [-0.25, -0.2) is 4.79 Å². The van der Waals surface area contributed by atoms with Crippen LogP contribution in [0.3, 0.4) is 0 Å². The van der Waals surface area contributed by atoms with Gasteiger partial charge in [0.05, 0.1) is 5.54 Å². The quantitative estimate of drug-likeness (QED) is 0.838. The molecule has 0 aromatic rings. The van der Waals surface area contributed by atoms with E-state index >= 15 is 0 Å². The Labute approximate surface area is 111 Å². The van der Waals surface area contributed by atoms with E-state index in [1.807, 2.05) is 16.7 Å². The molecule has 0 aromatic carbocycles. The third-order valence-electron chi connectivity index (χ3n) is 4.33. The average molecular weight is 255 g/mol. The molecule has 18 heavy (non-hydrogen) atoms. The highest BCUT2D eigenvalue weighted by molar-refractivity contribution is 5.75. The van der Waals surface area contributed by atoms with Crippen molar-refractivity contribution in [3.8, 4) is 0 Å². The summed E-state index contributed by atoms with van der Waals surface area (Å²) in [6.07, 6.45) is 3.25. The van der Waals surface area contributed by atoms with Crippen molar-refractivity contribution in [3.05, 3.63) is 0 Å². The fourth-order valence-corrected chi connectivity index (χ4v) is 2.73. The van der Waals surface area contributed by atoms with Crippen molar-refractivity contribution in [3.63, 3.8) is 0 Å². The Kier molecular flexibility index (Phi) is 5.45. The third kappa shape index (κ3) is 3.16. The molecule has 4 nitrogen and oxygen atoms in total. The Balaban J connectivity index is 2.78. The number of likely N-dealkylation sites (tertiary alicyclic amines) is 1.